The largest absolute Gasteiger partial charge is 0.368 e. The van der Waals surface area contributed by atoms with Crippen molar-refractivity contribution in [1.29, 1.82) is 0 Å². The predicted molar refractivity (Wildman–Crippen MR) is 90.2 cm³/mol. The first-order valence-electron chi connectivity index (χ1n) is 8.20. The second-order valence-electron chi connectivity index (χ2n) is 6.42. The summed E-state index contributed by atoms with van der Waals surface area (Å²) in [5.74, 6) is 0. The maximum Gasteiger partial charge on any atom is 0.0426 e. The highest BCUT2D eigenvalue weighted by molar-refractivity contribution is 6.30. The average Bonchev–Trinajstić information content (AvgIpc) is 2.96. The number of benzene rings is 1. The summed E-state index contributed by atoms with van der Waals surface area (Å²) < 4.78 is 0. The van der Waals surface area contributed by atoms with Gasteiger partial charge in [0.15, 0.2) is 0 Å². The lowest BCUT2D eigenvalue weighted by atomic mass is 10.0. The van der Waals surface area contributed by atoms with Gasteiger partial charge >= 0.3 is 0 Å². The number of nitrogens with two attached hydrogens (primary N) is 1. The highest BCUT2D eigenvalue weighted by Crippen LogP contribution is 2.30. The van der Waals surface area contributed by atoms with Crippen LogP contribution in [0.25, 0.3) is 0 Å². The van der Waals surface area contributed by atoms with Gasteiger partial charge in [-0.15, -0.1) is 0 Å². The van der Waals surface area contributed by atoms with Crippen molar-refractivity contribution in [2.45, 2.75) is 44.7 Å². The number of rotatable bonds is 4. The van der Waals surface area contributed by atoms with E-state index in [-0.39, 0.29) is 6.04 Å². The molecule has 3 rings (SSSR count). The second kappa shape index (κ2) is 6.55. The van der Waals surface area contributed by atoms with Crippen molar-refractivity contribution >= 4 is 17.3 Å². The van der Waals surface area contributed by atoms with Crippen LogP contribution in [0.5, 0.6) is 0 Å². The molecule has 2 aliphatic heterocycles. The first kappa shape index (κ1) is 15.1. The Morgan fingerprint density at radius 1 is 1.33 bits per heavy atom. The molecular formula is C17H26ClN3. The fourth-order valence-corrected chi connectivity index (χ4v) is 3.81. The molecule has 1 aromatic carbocycles. The molecule has 2 atom stereocenters. The Bertz CT molecular complexity index is 491. The fraction of sp³-hybridized carbons (Fsp3) is 0.647. The summed E-state index contributed by atoms with van der Waals surface area (Å²) in [5.41, 5.74) is 8.82. The van der Waals surface area contributed by atoms with Gasteiger partial charge < -0.3 is 10.6 Å². The van der Waals surface area contributed by atoms with Crippen molar-refractivity contribution < 1.29 is 0 Å². The first-order valence-corrected chi connectivity index (χ1v) is 8.58. The molecule has 21 heavy (non-hydrogen) atoms. The normalized spacial score (nSPS) is 24.1. The number of halogens is 1. The molecule has 2 aliphatic rings. The summed E-state index contributed by atoms with van der Waals surface area (Å²) in [6.07, 6.45) is 4.63. The van der Waals surface area contributed by atoms with E-state index < -0.39 is 0 Å². The van der Waals surface area contributed by atoms with Gasteiger partial charge in [0.2, 0.25) is 0 Å². The van der Waals surface area contributed by atoms with E-state index >= 15 is 0 Å². The van der Waals surface area contributed by atoms with Crippen LogP contribution in [0, 0.1) is 0 Å². The molecule has 2 N–H and O–H groups in total. The van der Waals surface area contributed by atoms with Crippen LogP contribution in [-0.2, 0) is 6.42 Å². The molecular weight excluding hydrogens is 282 g/mol. The van der Waals surface area contributed by atoms with E-state index in [1.807, 2.05) is 6.07 Å². The van der Waals surface area contributed by atoms with E-state index in [9.17, 15) is 0 Å². The van der Waals surface area contributed by atoms with Crippen LogP contribution < -0.4 is 10.6 Å². The lowest BCUT2D eigenvalue weighted by Gasteiger charge is -2.39. The minimum Gasteiger partial charge on any atom is -0.368 e. The Kier molecular flexibility index (Phi) is 4.72. The smallest absolute Gasteiger partial charge is 0.0426 e. The third-order valence-electron chi connectivity index (χ3n) is 4.98. The van der Waals surface area contributed by atoms with Crippen LogP contribution in [0.2, 0.25) is 5.02 Å². The number of anilines is 1. The quantitative estimate of drug-likeness (QED) is 0.928. The van der Waals surface area contributed by atoms with Crippen LogP contribution in [0.15, 0.2) is 18.2 Å². The number of hydrogen-bond donors (Lipinski definition) is 1. The molecule has 3 nitrogen and oxygen atoms in total. The van der Waals surface area contributed by atoms with Gasteiger partial charge in [0.1, 0.15) is 0 Å². The lowest BCUT2D eigenvalue weighted by Crippen LogP contribution is -2.50. The van der Waals surface area contributed by atoms with Crippen LogP contribution >= 0.6 is 11.6 Å². The fourth-order valence-electron chi connectivity index (χ4n) is 3.64. The predicted octanol–water partition coefficient (Wildman–Crippen LogP) is 2.90. The van der Waals surface area contributed by atoms with E-state index in [2.05, 4.69) is 28.9 Å². The third-order valence-corrected chi connectivity index (χ3v) is 5.22. The molecule has 0 saturated carbocycles. The third kappa shape index (κ3) is 3.36. The van der Waals surface area contributed by atoms with Crippen molar-refractivity contribution in [3.63, 3.8) is 0 Å². The highest BCUT2D eigenvalue weighted by Gasteiger charge is 2.31. The molecule has 2 heterocycles. The molecule has 0 bridgehead atoms. The standard InChI is InChI=1S/C17H26ClN3/c1-2-15(19)10-13-5-6-14(18)11-17(13)21-9-8-20-7-3-4-16(20)12-21/h5-6,11,15-16H,2-4,7-10,12,19H2,1H3. The zero-order chi connectivity index (χ0) is 14.8. The van der Waals surface area contributed by atoms with Gasteiger partial charge in [-0.25, -0.2) is 0 Å². The van der Waals surface area contributed by atoms with E-state index in [1.54, 1.807) is 0 Å². The molecule has 0 spiro atoms. The maximum atomic E-state index is 6.25. The Balaban J connectivity index is 1.81. The summed E-state index contributed by atoms with van der Waals surface area (Å²) in [4.78, 5) is 5.16. The molecule has 2 saturated heterocycles. The Morgan fingerprint density at radius 2 is 2.19 bits per heavy atom. The maximum absolute atomic E-state index is 6.25. The minimum absolute atomic E-state index is 0.234. The van der Waals surface area contributed by atoms with Gasteiger partial charge in [0, 0.05) is 42.4 Å². The Morgan fingerprint density at radius 3 is 3.00 bits per heavy atom. The van der Waals surface area contributed by atoms with Gasteiger partial charge in [-0.05, 0) is 49.9 Å². The molecule has 116 valence electrons. The van der Waals surface area contributed by atoms with Crippen molar-refractivity contribution in [3.05, 3.63) is 28.8 Å². The molecule has 0 aliphatic carbocycles. The summed E-state index contributed by atoms with van der Waals surface area (Å²) in [6.45, 7) is 6.84. The average molecular weight is 308 g/mol. The monoisotopic (exact) mass is 307 g/mol. The van der Waals surface area contributed by atoms with E-state index in [4.69, 9.17) is 17.3 Å². The van der Waals surface area contributed by atoms with Crippen LogP contribution in [0.4, 0.5) is 5.69 Å². The molecule has 0 aromatic heterocycles. The van der Waals surface area contributed by atoms with Gasteiger partial charge in [0.05, 0.1) is 0 Å². The van der Waals surface area contributed by atoms with Gasteiger partial charge in [0.25, 0.3) is 0 Å². The number of hydrogen-bond acceptors (Lipinski definition) is 3. The van der Waals surface area contributed by atoms with Crippen molar-refractivity contribution in [2.24, 2.45) is 5.73 Å². The van der Waals surface area contributed by atoms with Gasteiger partial charge in [-0.3, -0.25) is 4.90 Å². The van der Waals surface area contributed by atoms with Crippen molar-refractivity contribution in [1.82, 2.24) is 4.90 Å². The van der Waals surface area contributed by atoms with E-state index in [0.29, 0.717) is 0 Å². The number of fused-ring (bicyclic) bond motifs is 1. The second-order valence-corrected chi connectivity index (χ2v) is 6.86. The van der Waals surface area contributed by atoms with Crippen LogP contribution in [-0.4, -0.2) is 43.2 Å². The van der Waals surface area contributed by atoms with Crippen molar-refractivity contribution in [2.75, 3.05) is 31.1 Å². The Hall–Kier alpha value is -0.770. The Labute approximate surface area is 133 Å². The van der Waals surface area contributed by atoms with E-state index in [0.717, 1.165) is 37.0 Å². The zero-order valence-electron chi connectivity index (χ0n) is 12.9. The van der Waals surface area contributed by atoms with E-state index in [1.165, 1.54) is 37.2 Å². The highest BCUT2D eigenvalue weighted by atomic mass is 35.5. The van der Waals surface area contributed by atoms with Crippen molar-refractivity contribution in [3.8, 4) is 0 Å². The molecule has 1 aromatic rings. The first-order chi connectivity index (χ1) is 10.2. The van der Waals surface area contributed by atoms with Crippen LogP contribution in [0.3, 0.4) is 0 Å². The summed E-state index contributed by atoms with van der Waals surface area (Å²) >= 11 is 6.25. The topological polar surface area (TPSA) is 32.5 Å². The molecule has 2 unspecified atom stereocenters. The zero-order valence-corrected chi connectivity index (χ0v) is 13.6. The van der Waals surface area contributed by atoms with Gasteiger partial charge in [-0.2, -0.15) is 0 Å². The molecule has 4 heteroatoms. The number of nitrogens with zero attached hydrogens (tertiary/aromatic N) is 2. The van der Waals surface area contributed by atoms with Crippen LogP contribution in [0.1, 0.15) is 31.7 Å². The molecule has 0 amide bonds. The van der Waals surface area contributed by atoms with Gasteiger partial charge in [-0.1, -0.05) is 24.6 Å². The SMILES string of the molecule is CCC(N)Cc1ccc(Cl)cc1N1CCN2CCCC2C1. The summed E-state index contributed by atoms with van der Waals surface area (Å²) in [6, 6.07) is 7.25. The summed E-state index contributed by atoms with van der Waals surface area (Å²) in [7, 11) is 0. The molecule has 2 fully saturated rings. The summed E-state index contributed by atoms with van der Waals surface area (Å²) in [5, 5.41) is 0.827. The molecule has 0 radical (unpaired) electrons. The lowest BCUT2D eigenvalue weighted by molar-refractivity contribution is 0.231. The minimum atomic E-state index is 0.234. The number of piperazine rings is 1.